The average Bonchev–Trinajstić information content (AvgIpc) is 2.55. The molecule has 2 aromatic heterocycles. The van der Waals surface area contributed by atoms with Crippen LogP contribution in [0.2, 0.25) is 0 Å². The molecule has 0 fully saturated rings. The molecule has 0 saturated heterocycles. The van der Waals surface area contributed by atoms with Crippen LogP contribution >= 0.6 is 0 Å². The normalized spacial score (nSPS) is 10.5. The average molecular weight is 310 g/mol. The Kier molecular flexibility index (Phi) is 3.76. The summed E-state index contributed by atoms with van der Waals surface area (Å²) in [4.78, 5) is 27.3. The summed E-state index contributed by atoms with van der Waals surface area (Å²) in [6, 6.07) is 9.67. The second kappa shape index (κ2) is 5.88. The van der Waals surface area contributed by atoms with E-state index < -0.39 is 5.91 Å². The van der Waals surface area contributed by atoms with Crippen LogP contribution in [0.5, 0.6) is 5.88 Å². The summed E-state index contributed by atoms with van der Waals surface area (Å²) in [5.41, 5.74) is 2.07. The molecule has 0 unspecified atom stereocenters. The van der Waals surface area contributed by atoms with Crippen LogP contribution in [0.3, 0.4) is 0 Å². The van der Waals surface area contributed by atoms with Gasteiger partial charge in [-0.25, -0.2) is 0 Å². The fourth-order valence-corrected chi connectivity index (χ4v) is 2.20. The Morgan fingerprint density at radius 1 is 1.17 bits per heavy atom. The molecule has 0 aliphatic rings. The first-order valence-corrected chi connectivity index (χ1v) is 6.89. The number of methoxy groups -OCH3 is 1. The summed E-state index contributed by atoms with van der Waals surface area (Å²) >= 11 is 0. The minimum Gasteiger partial charge on any atom is -0.480 e. The van der Waals surface area contributed by atoms with E-state index in [0.717, 1.165) is 11.2 Å². The van der Waals surface area contributed by atoms with Crippen molar-refractivity contribution in [1.82, 2.24) is 15.2 Å². The predicted molar refractivity (Wildman–Crippen MR) is 85.8 cm³/mol. The van der Waals surface area contributed by atoms with Crippen molar-refractivity contribution in [2.24, 2.45) is 0 Å². The van der Waals surface area contributed by atoms with E-state index in [0.29, 0.717) is 17.0 Å². The van der Waals surface area contributed by atoms with Gasteiger partial charge in [0.2, 0.25) is 5.88 Å². The summed E-state index contributed by atoms with van der Waals surface area (Å²) in [6.07, 6.45) is 0. The zero-order chi connectivity index (χ0) is 16.4. The lowest BCUT2D eigenvalue weighted by atomic mass is 10.1. The number of fused-ring (bicyclic) bond motifs is 1. The van der Waals surface area contributed by atoms with Gasteiger partial charge in [-0.1, -0.05) is 0 Å². The van der Waals surface area contributed by atoms with Crippen molar-refractivity contribution < 1.29 is 9.53 Å². The van der Waals surface area contributed by atoms with Crippen molar-refractivity contribution in [2.75, 3.05) is 12.4 Å². The number of amides is 1. The van der Waals surface area contributed by atoms with Crippen molar-refractivity contribution in [3.05, 3.63) is 58.0 Å². The van der Waals surface area contributed by atoms with Gasteiger partial charge in [-0.2, -0.15) is 0 Å². The molecular weight excluding hydrogens is 296 g/mol. The maximum Gasteiger partial charge on any atom is 0.276 e. The van der Waals surface area contributed by atoms with Crippen molar-refractivity contribution in [3.63, 3.8) is 0 Å². The van der Waals surface area contributed by atoms with Gasteiger partial charge in [0, 0.05) is 34.4 Å². The third-order valence-electron chi connectivity index (χ3n) is 3.30. The number of hydrogen-bond donors (Lipinski definition) is 2. The molecule has 2 heterocycles. The Morgan fingerprint density at radius 2 is 2.00 bits per heavy atom. The van der Waals surface area contributed by atoms with Gasteiger partial charge in [0.1, 0.15) is 0 Å². The fraction of sp³-hybridized carbons (Fsp3) is 0.125. The highest BCUT2D eigenvalue weighted by molar-refractivity contribution is 6.03. The molecule has 0 spiro atoms. The molecule has 0 atom stereocenters. The van der Waals surface area contributed by atoms with E-state index in [1.165, 1.54) is 19.2 Å². The quantitative estimate of drug-likeness (QED) is 0.770. The zero-order valence-corrected chi connectivity index (χ0v) is 12.6. The van der Waals surface area contributed by atoms with E-state index in [9.17, 15) is 9.59 Å². The Hall–Kier alpha value is -3.22. The molecule has 3 rings (SSSR count). The Balaban J connectivity index is 1.88. The topological polar surface area (TPSA) is 97.0 Å². The number of nitrogens with one attached hydrogen (secondary N) is 2. The number of carbonyl (C=O) groups excluding carboxylic acids is 1. The van der Waals surface area contributed by atoms with Crippen LogP contribution in [-0.2, 0) is 0 Å². The number of nitrogens with zero attached hydrogens (tertiary/aromatic N) is 2. The summed E-state index contributed by atoms with van der Waals surface area (Å²) < 4.78 is 4.89. The van der Waals surface area contributed by atoms with Crippen LogP contribution in [0.15, 0.2) is 41.2 Å². The lowest BCUT2D eigenvalue weighted by Crippen LogP contribution is -2.14. The SMILES string of the molecule is COc1ccc(C(=O)Nc2ccc3[nH]c(C)cc(=O)c3c2)nn1. The molecule has 7 heteroatoms. The highest BCUT2D eigenvalue weighted by Crippen LogP contribution is 2.16. The molecule has 3 aromatic rings. The first kappa shape index (κ1) is 14.7. The maximum absolute atomic E-state index is 12.1. The van der Waals surface area contributed by atoms with Gasteiger partial charge < -0.3 is 15.0 Å². The first-order chi connectivity index (χ1) is 11.1. The number of hydrogen-bond acceptors (Lipinski definition) is 5. The lowest BCUT2D eigenvalue weighted by Gasteiger charge is -2.06. The zero-order valence-electron chi connectivity index (χ0n) is 12.6. The van der Waals surface area contributed by atoms with Crippen LogP contribution in [0.4, 0.5) is 5.69 Å². The van der Waals surface area contributed by atoms with Crippen LogP contribution < -0.4 is 15.5 Å². The Bertz CT molecular complexity index is 932. The molecule has 0 saturated carbocycles. The Morgan fingerprint density at radius 3 is 2.70 bits per heavy atom. The van der Waals surface area contributed by atoms with Gasteiger partial charge in [-0.05, 0) is 31.2 Å². The number of aromatic amines is 1. The van der Waals surface area contributed by atoms with Gasteiger partial charge in [-0.3, -0.25) is 9.59 Å². The highest BCUT2D eigenvalue weighted by Gasteiger charge is 2.10. The fourth-order valence-electron chi connectivity index (χ4n) is 2.20. The number of carbonyl (C=O) groups is 1. The van der Waals surface area contributed by atoms with Crippen molar-refractivity contribution in [3.8, 4) is 5.88 Å². The molecule has 1 aromatic carbocycles. The summed E-state index contributed by atoms with van der Waals surface area (Å²) in [6.45, 7) is 1.82. The van der Waals surface area contributed by atoms with Crippen molar-refractivity contribution >= 4 is 22.5 Å². The number of ether oxygens (including phenoxy) is 1. The molecule has 1 amide bonds. The van der Waals surface area contributed by atoms with E-state index in [4.69, 9.17) is 4.74 Å². The number of rotatable bonds is 3. The van der Waals surface area contributed by atoms with E-state index in [-0.39, 0.29) is 11.1 Å². The van der Waals surface area contributed by atoms with Gasteiger partial charge >= 0.3 is 0 Å². The van der Waals surface area contributed by atoms with Crippen molar-refractivity contribution in [2.45, 2.75) is 6.92 Å². The number of aromatic nitrogens is 3. The number of H-pyrrole nitrogens is 1. The van der Waals surface area contributed by atoms with Gasteiger partial charge in [0.15, 0.2) is 11.1 Å². The molecule has 0 radical (unpaired) electrons. The molecular formula is C16H14N4O3. The van der Waals surface area contributed by atoms with E-state index in [1.54, 1.807) is 24.3 Å². The van der Waals surface area contributed by atoms with Crippen LogP contribution in [-0.4, -0.2) is 28.2 Å². The highest BCUT2D eigenvalue weighted by atomic mass is 16.5. The van der Waals surface area contributed by atoms with E-state index >= 15 is 0 Å². The maximum atomic E-state index is 12.1. The molecule has 0 bridgehead atoms. The third kappa shape index (κ3) is 3.03. The third-order valence-corrected chi connectivity index (χ3v) is 3.30. The number of benzene rings is 1. The standard InChI is InChI=1S/C16H14N4O3/c1-9-7-14(21)11-8-10(3-4-12(11)17-9)18-16(22)13-5-6-15(23-2)20-19-13/h3-8H,1-2H3,(H,17,21)(H,18,22). The summed E-state index contributed by atoms with van der Waals surface area (Å²) in [7, 11) is 1.47. The van der Waals surface area contributed by atoms with Gasteiger partial charge in [-0.15, -0.1) is 10.2 Å². The second-order valence-electron chi connectivity index (χ2n) is 4.99. The van der Waals surface area contributed by atoms with Crippen LogP contribution in [0.1, 0.15) is 16.2 Å². The first-order valence-electron chi connectivity index (χ1n) is 6.89. The minimum absolute atomic E-state index is 0.100. The molecule has 23 heavy (non-hydrogen) atoms. The van der Waals surface area contributed by atoms with Crippen molar-refractivity contribution in [1.29, 1.82) is 0 Å². The second-order valence-corrected chi connectivity index (χ2v) is 4.99. The molecule has 116 valence electrons. The number of aryl methyl sites for hydroxylation is 1. The van der Waals surface area contributed by atoms with Gasteiger partial charge in [0.25, 0.3) is 5.91 Å². The molecule has 0 aliphatic carbocycles. The number of anilines is 1. The Labute approximate surface area is 131 Å². The van der Waals surface area contributed by atoms with Gasteiger partial charge in [0.05, 0.1) is 7.11 Å². The molecule has 2 N–H and O–H groups in total. The number of pyridine rings is 1. The van der Waals surface area contributed by atoms with E-state index in [2.05, 4.69) is 20.5 Å². The summed E-state index contributed by atoms with van der Waals surface area (Å²) in [5.74, 6) is -0.0859. The predicted octanol–water partition coefficient (Wildman–Crippen LogP) is 1.89. The monoisotopic (exact) mass is 310 g/mol. The summed E-state index contributed by atoms with van der Waals surface area (Å²) in [5, 5.41) is 10.7. The van der Waals surface area contributed by atoms with E-state index in [1.807, 2.05) is 6.92 Å². The lowest BCUT2D eigenvalue weighted by molar-refractivity contribution is 0.102. The molecule has 0 aliphatic heterocycles. The smallest absolute Gasteiger partial charge is 0.276 e. The van der Waals surface area contributed by atoms with Crippen LogP contribution in [0, 0.1) is 6.92 Å². The molecule has 7 nitrogen and oxygen atoms in total. The van der Waals surface area contributed by atoms with Crippen LogP contribution in [0.25, 0.3) is 10.9 Å². The largest absolute Gasteiger partial charge is 0.480 e. The minimum atomic E-state index is -0.414.